The number of hydrogen-bond donors (Lipinski definition) is 1. The summed E-state index contributed by atoms with van der Waals surface area (Å²) in [7, 11) is 0. The van der Waals surface area contributed by atoms with Gasteiger partial charge in [-0.1, -0.05) is 22.8 Å². The third-order valence-electron chi connectivity index (χ3n) is 1.59. The number of nitrogens with zero attached hydrogens (tertiary/aromatic N) is 1. The topological polar surface area (TPSA) is 32.6 Å². The Labute approximate surface area is 93.5 Å². The van der Waals surface area contributed by atoms with Gasteiger partial charge in [0, 0.05) is 0 Å². The average Bonchev–Trinajstić information content (AvgIpc) is 2.13. The highest BCUT2D eigenvalue weighted by Crippen LogP contribution is 2.20. The molecule has 0 aromatic heterocycles. The number of rotatable bonds is 1. The van der Waals surface area contributed by atoms with Crippen molar-refractivity contribution in [3.05, 3.63) is 32.6 Å². The SMILES string of the molecule is Cc1ccc(/C(Cl)=N/O)c(F)c1I. The minimum atomic E-state index is -0.455. The quantitative estimate of drug-likeness (QED) is 0.367. The van der Waals surface area contributed by atoms with Crippen molar-refractivity contribution in [2.24, 2.45) is 5.16 Å². The Hall–Kier alpha value is -0.360. The molecule has 5 heteroatoms. The molecule has 1 aromatic carbocycles. The van der Waals surface area contributed by atoms with Crippen LogP contribution in [0.2, 0.25) is 0 Å². The second kappa shape index (κ2) is 4.23. The first-order valence-electron chi connectivity index (χ1n) is 3.40. The van der Waals surface area contributed by atoms with E-state index in [0.717, 1.165) is 5.56 Å². The van der Waals surface area contributed by atoms with E-state index < -0.39 is 5.82 Å². The second-order valence-electron chi connectivity index (χ2n) is 2.45. The van der Waals surface area contributed by atoms with Crippen molar-refractivity contribution in [2.45, 2.75) is 6.92 Å². The first kappa shape index (κ1) is 10.7. The molecular weight excluding hydrogens is 307 g/mol. The molecular formula is C8H6ClFINO. The number of oxime groups is 1. The lowest BCUT2D eigenvalue weighted by atomic mass is 10.1. The first-order valence-corrected chi connectivity index (χ1v) is 4.86. The summed E-state index contributed by atoms with van der Waals surface area (Å²) >= 11 is 7.35. The fraction of sp³-hybridized carbons (Fsp3) is 0.125. The highest BCUT2D eigenvalue weighted by Gasteiger charge is 2.12. The maximum Gasteiger partial charge on any atom is 0.178 e. The molecule has 0 radical (unpaired) electrons. The van der Waals surface area contributed by atoms with E-state index in [1.165, 1.54) is 6.07 Å². The van der Waals surface area contributed by atoms with Crippen LogP contribution in [0.15, 0.2) is 17.3 Å². The zero-order chi connectivity index (χ0) is 10.0. The Bertz CT molecular complexity index is 367. The van der Waals surface area contributed by atoms with E-state index in [0.29, 0.717) is 3.57 Å². The second-order valence-corrected chi connectivity index (χ2v) is 3.89. The van der Waals surface area contributed by atoms with E-state index >= 15 is 0 Å². The largest absolute Gasteiger partial charge is 0.410 e. The maximum absolute atomic E-state index is 13.4. The van der Waals surface area contributed by atoms with E-state index in [2.05, 4.69) is 5.16 Å². The molecule has 1 aromatic rings. The summed E-state index contributed by atoms with van der Waals surface area (Å²) in [4.78, 5) is 0. The molecule has 70 valence electrons. The minimum absolute atomic E-state index is 0.110. The van der Waals surface area contributed by atoms with Crippen LogP contribution in [0.3, 0.4) is 0 Å². The Morgan fingerprint density at radius 3 is 2.77 bits per heavy atom. The normalized spacial score (nSPS) is 11.8. The number of halogens is 3. The predicted molar refractivity (Wildman–Crippen MR) is 58.0 cm³/mol. The van der Waals surface area contributed by atoms with E-state index in [1.54, 1.807) is 13.0 Å². The molecule has 1 N–H and O–H groups in total. The molecule has 0 atom stereocenters. The van der Waals surface area contributed by atoms with Crippen LogP contribution in [-0.4, -0.2) is 10.4 Å². The molecule has 1 rings (SSSR count). The van der Waals surface area contributed by atoms with Gasteiger partial charge >= 0.3 is 0 Å². The highest BCUT2D eigenvalue weighted by atomic mass is 127. The molecule has 0 saturated carbocycles. The van der Waals surface area contributed by atoms with Gasteiger partial charge in [0.15, 0.2) is 5.17 Å². The Balaban J connectivity index is 3.34. The van der Waals surface area contributed by atoms with Crippen molar-refractivity contribution in [3.8, 4) is 0 Å². The van der Waals surface area contributed by atoms with Crippen molar-refractivity contribution in [1.29, 1.82) is 0 Å². The summed E-state index contributed by atoms with van der Waals surface area (Å²) in [5.74, 6) is -0.455. The van der Waals surface area contributed by atoms with Crippen LogP contribution < -0.4 is 0 Å². The highest BCUT2D eigenvalue weighted by molar-refractivity contribution is 14.1. The molecule has 0 spiro atoms. The van der Waals surface area contributed by atoms with Gasteiger partial charge in [-0.05, 0) is 41.1 Å². The Kier molecular flexibility index (Phi) is 3.49. The van der Waals surface area contributed by atoms with Crippen LogP contribution in [0.4, 0.5) is 4.39 Å². The summed E-state index contributed by atoms with van der Waals surface area (Å²) in [6.45, 7) is 1.79. The molecule has 0 bridgehead atoms. The molecule has 0 amide bonds. The standard InChI is InChI=1S/C8H6ClFINO/c1-4-2-3-5(8(9)12-13)6(10)7(4)11/h2-3,13H,1H3/b12-8-. The summed E-state index contributed by atoms with van der Waals surface area (Å²) in [5.41, 5.74) is 0.934. The van der Waals surface area contributed by atoms with E-state index in [4.69, 9.17) is 16.8 Å². The van der Waals surface area contributed by atoms with Crippen molar-refractivity contribution >= 4 is 39.4 Å². The molecule has 0 aliphatic rings. The lowest BCUT2D eigenvalue weighted by Crippen LogP contribution is -1.99. The molecule has 0 saturated heterocycles. The minimum Gasteiger partial charge on any atom is -0.410 e. The molecule has 2 nitrogen and oxygen atoms in total. The van der Waals surface area contributed by atoms with Gasteiger partial charge < -0.3 is 5.21 Å². The molecule has 0 unspecified atom stereocenters. The number of benzene rings is 1. The van der Waals surface area contributed by atoms with E-state index in [9.17, 15) is 4.39 Å². The summed E-state index contributed by atoms with van der Waals surface area (Å²) in [5, 5.41) is 10.8. The van der Waals surface area contributed by atoms with Crippen LogP contribution in [0.1, 0.15) is 11.1 Å². The number of hydrogen-bond acceptors (Lipinski definition) is 2. The van der Waals surface area contributed by atoms with Crippen LogP contribution in [0, 0.1) is 16.3 Å². The van der Waals surface area contributed by atoms with Gasteiger partial charge in [0.25, 0.3) is 0 Å². The van der Waals surface area contributed by atoms with Gasteiger partial charge in [0.05, 0.1) is 9.13 Å². The third-order valence-corrected chi connectivity index (χ3v) is 3.19. The van der Waals surface area contributed by atoms with Gasteiger partial charge in [-0.25, -0.2) is 4.39 Å². The lowest BCUT2D eigenvalue weighted by Gasteiger charge is -2.03. The molecule has 0 aliphatic carbocycles. The van der Waals surface area contributed by atoms with Crippen LogP contribution >= 0.6 is 34.2 Å². The molecule has 0 fully saturated rings. The van der Waals surface area contributed by atoms with Gasteiger partial charge in [0.1, 0.15) is 5.82 Å². The van der Waals surface area contributed by atoms with Crippen LogP contribution in [-0.2, 0) is 0 Å². The van der Waals surface area contributed by atoms with Crippen molar-refractivity contribution in [3.63, 3.8) is 0 Å². The Morgan fingerprint density at radius 2 is 2.23 bits per heavy atom. The van der Waals surface area contributed by atoms with Crippen molar-refractivity contribution in [2.75, 3.05) is 0 Å². The van der Waals surface area contributed by atoms with Crippen LogP contribution in [0.5, 0.6) is 0 Å². The number of aryl methyl sites for hydroxylation is 1. The summed E-state index contributed by atoms with van der Waals surface area (Å²) in [6.07, 6.45) is 0. The van der Waals surface area contributed by atoms with Crippen molar-refractivity contribution in [1.82, 2.24) is 0 Å². The monoisotopic (exact) mass is 313 g/mol. The van der Waals surface area contributed by atoms with Gasteiger partial charge in [-0.15, -0.1) is 0 Å². The lowest BCUT2D eigenvalue weighted by molar-refractivity contribution is 0.320. The first-order chi connectivity index (χ1) is 6.07. The molecule has 0 aliphatic heterocycles. The zero-order valence-electron chi connectivity index (χ0n) is 6.68. The Morgan fingerprint density at radius 1 is 1.62 bits per heavy atom. The van der Waals surface area contributed by atoms with E-state index in [1.807, 2.05) is 22.6 Å². The van der Waals surface area contributed by atoms with Crippen molar-refractivity contribution < 1.29 is 9.60 Å². The fourth-order valence-electron chi connectivity index (χ4n) is 0.859. The summed E-state index contributed by atoms with van der Waals surface area (Å²) in [6, 6.07) is 3.20. The van der Waals surface area contributed by atoms with Gasteiger partial charge in [-0.2, -0.15) is 0 Å². The smallest absolute Gasteiger partial charge is 0.178 e. The zero-order valence-corrected chi connectivity index (χ0v) is 9.60. The molecule has 13 heavy (non-hydrogen) atoms. The third kappa shape index (κ3) is 2.11. The fourth-order valence-corrected chi connectivity index (χ4v) is 1.48. The van der Waals surface area contributed by atoms with E-state index in [-0.39, 0.29) is 10.7 Å². The predicted octanol–water partition coefficient (Wildman–Crippen LogP) is 3.11. The average molecular weight is 313 g/mol. The van der Waals surface area contributed by atoms with Gasteiger partial charge in [0.2, 0.25) is 0 Å². The maximum atomic E-state index is 13.4. The summed E-state index contributed by atoms with van der Waals surface area (Å²) < 4.78 is 13.9. The van der Waals surface area contributed by atoms with Gasteiger partial charge in [-0.3, -0.25) is 0 Å². The van der Waals surface area contributed by atoms with Crippen LogP contribution in [0.25, 0.3) is 0 Å². The molecule has 0 heterocycles.